The Morgan fingerprint density at radius 1 is 1.20 bits per heavy atom. The van der Waals surface area contributed by atoms with Crippen LogP contribution in [0.4, 0.5) is 11.4 Å². The zero-order valence-corrected chi connectivity index (χ0v) is 14.7. The number of nitrogens with one attached hydrogen (secondary N) is 1. The molecule has 0 radical (unpaired) electrons. The average molecular weight is 341 g/mol. The van der Waals surface area contributed by atoms with E-state index in [9.17, 15) is 14.9 Å². The van der Waals surface area contributed by atoms with Crippen molar-refractivity contribution in [2.45, 2.75) is 19.4 Å². The van der Waals surface area contributed by atoms with Gasteiger partial charge in [-0.1, -0.05) is 31.2 Å². The van der Waals surface area contributed by atoms with Crippen LogP contribution in [-0.4, -0.2) is 36.7 Å². The number of hydrogen-bond acceptors (Lipinski definition) is 5. The minimum absolute atomic E-state index is 0.0660. The molecule has 0 amide bonds. The molecule has 0 aliphatic carbocycles. The zero-order chi connectivity index (χ0) is 18.4. The zero-order valence-electron chi connectivity index (χ0n) is 14.7. The topological polar surface area (TPSA) is 75.5 Å². The molecule has 25 heavy (non-hydrogen) atoms. The summed E-state index contributed by atoms with van der Waals surface area (Å²) in [4.78, 5) is 23.7. The van der Waals surface area contributed by atoms with Crippen molar-refractivity contribution < 1.29 is 9.72 Å². The number of aryl methyl sites for hydroxylation is 1. The molecule has 2 aromatic carbocycles. The third kappa shape index (κ3) is 4.64. The maximum atomic E-state index is 11.2. The maximum absolute atomic E-state index is 11.2. The van der Waals surface area contributed by atoms with Crippen LogP contribution in [-0.2, 0) is 6.42 Å². The Morgan fingerprint density at radius 3 is 2.40 bits per heavy atom. The van der Waals surface area contributed by atoms with E-state index in [4.69, 9.17) is 0 Å². The molecule has 0 unspecified atom stereocenters. The van der Waals surface area contributed by atoms with Gasteiger partial charge in [0.15, 0.2) is 0 Å². The van der Waals surface area contributed by atoms with Crippen LogP contribution in [0.25, 0.3) is 0 Å². The number of anilines is 1. The highest BCUT2D eigenvalue weighted by Crippen LogP contribution is 2.27. The summed E-state index contributed by atoms with van der Waals surface area (Å²) in [7, 11) is 3.95. The molecule has 1 N–H and O–H groups in total. The van der Waals surface area contributed by atoms with Crippen LogP contribution >= 0.6 is 0 Å². The molecule has 132 valence electrons. The largest absolute Gasteiger partial charge is 0.378 e. The van der Waals surface area contributed by atoms with Gasteiger partial charge in [0.2, 0.25) is 0 Å². The summed E-state index contributed by atoms with van der Waals surface area (Å²) in [5, 5.41) is 14.4. The minimum atomic E-state index is -0.476. The van der Waals surface area contributed by atoms with Gasteiger partial charge in [0, 0.05) is 18.2 Å². The Labute approximate surface area is 147 Å². The summed E-state index contributed by atoms with van der Waals surface area (Å²) < 4.78 is 0. The molecule has 6 heteroatoms. The molecule has 6 nitrogen and oxygen atoms in total. The summed E-state index contributed by atoms with van der Waals surface area (Å²) in [6.45, 7) is 2.63. The Bertz CT molecular complexity index is 742. The second kappa shape index (κ2) is 8.39. The standard InChI is InChI=1S/C19H23N3O3/c1-4-14-5-8-16(9-6-14)19(21(2)3)12-20-17-10-7-15(13-23)11-18(17)22(24)25/h5-11,13,19-20H,4,12H2,1-3H3/t19-/m1/s1. The first kappa shape index (κ1) is 18.6. The molecular weight excluding hydrogens is 318 g/mol. The Morgan fingerprint density at radius 2 is 1.88 bits per heavy atom. The highest BCUT2D eigenvalue weighted by Gasteiger charge is 2.18. The van der Waals surface area contributed by atoms with E-state index < -0.39 is 4.92 Å². The number of carbonyl (C=O) groups is 1. The second-order valence-electron chi connectivity index (χ2n) is 6.11. The molecule has 1 atom stereocenters. The van der Waals surface area contributed by atoms with E-state index in [0.29, 0.717) is 18.5 Å². The number of nitro benzene ring substituents is 1. The van der Waals surface area contributed by atoms with Gasteiger partial charge < -0.3 is 10.2 Å². The van der Waals surface area contributed by atoms with Crippen LogP contribution in [0.15, 0.2) is 42.5 Å². The maximum Gasteiger partial charge on any atom is 0.293 e. The van der Waals surface area contributed by atoms with Crippen molar-refractivity contribution in [3.63, 3.8) is 0 Å². The van der Waals surface area contributed by atoms with Crippen LogP contribution in [0.3, 0.4) is 0 Å². The van der Waals surface area contributed by atoms with Crippen LogP contribution in [0.2, 0.25) is 0 Å². The minimum Gasteiger partial charge on any atom is -0.378 e. The fourth-order valence-corrected chi connectivity index (χ4v) is 2.70. The fraction of sp³-hybridized carbons (Fsp3) is 0.316. The van der Waals surface area contributed by atoms with E-state index in [2.05, 4.69) is 41.4 Å². The van der Waals surface area contributed by atoms with E-state index in [0.717, 1.165) is 12.0 Å². The van der Waals surface area contributed by atoms with Crippen LogP contribution in [0.5, 0.6) is 0 Å². The molecule has 0 aliphatic rings. The molecule has 0 spiro atoms. The summed E-state index contributed by atoms with van der Waals surface area (Å²) in [5.74, 6) is 0. The van der Waals surface area contributed by atoms with Gasteiger partial charge in [-0.2, -0.15) is 0 Å². The van der Waals surface area contributed by atoms with Crippen molar-refractivity contribution in [1.82, 2.24) is 4.90 Å². The number of aldehydes is 1. The Kier molecular flexibility index (Phi) is 6.25. The first-order valence-corrected chi connectivity index (χ1v) is 8.19. The van der Waals surface area contributed by atoms with Gasteiger partial charge in [-0.3, -0.25) is 14.9 Å². The van der Waals surface area contributed by atoms with E-state index in [1.807, 2.05) is 14.1 Å². The predicted octanol–water partition coefficient (Wildman–Crippen LogP) is 3.68. The lowest BCUT2D eigenvalue weighted by Crippen LogP contribution is -2.27. The number of benzene rings is 2. The van der Waals surface area contributed by atoms with Gasteiger partial charge in [0.05, 0.1) is 11.0 Å². The van der Waals surface area contributed by atoms with Gasteiger partial charge in [0.25, 0.3) is 5.69 Å². The average Bonchev–Trinajstić information content (AvgIpc) is 2.62. The van der Waals surface area contributed by atoms with Crippen molar-refractivity contribution in [2.75, 3.05) is 26.0 Å². The Hall–Kier alpha value is -2.73. The van der Waals surface area contributed by atoms with Crippen LogP contribution in [0.1, 0.15) is 34.5 Å². The molecule has 0 saturated heterocycles. The number of rotatable bonds is 8. The van der Waals surface area contributed by atoms with Crippen molar-refractivity contribution >= 4 is 17.7 Å². The number of carbonyl (C=O) groups excluding carboxylic acids is 1. The highest BCUT2D eigenvalue weighted by molar-refractivity contribution is 5.79. The van der Waals surface area contributed by atoms with Crippen LogP contribution in [0, 0.1) is 10.1 Å². The van der Waals surface area contributed by atoms with Gasteiger partial charge in [-0.05, 0) is 43.8 Å². The molecule has 0 bridgehead atoms. The summed E-state index contributed by atoms with van der Waals surface area (Å²) in [6, 6.07) is 12.9. The molecular formula is C19H23N3O3. The van der Waals surface area contributed by atoms with Gasteiger partial charge >= 0.3 is 0 Å². The van der Waals surface area contributed by atoms with Gasteiger partial charge in [0.1, 0.15) is 12.0 Å². The summed E-state index contributed by atoms with van der Waals surface area (Å²) >= 11 is 0. The quantitative estimate of drug-likeness (QED) is 0.450. The third-order valence-corrected chi connectivity index (χ3v) is 4.24. The molecule has 0 saturated carbocycles. The first-order chi connectivity index (χ1) is 12.0. The molecule has 0 aliphatic heterocycles. The predicted molar refractivity (Wildman–Crippen MR) is 99.2 cm³/mol. The van der Waals surface area contributed by atoms with Crippen molar-refractivity contribution in [1.29, 1.82) is 0 Å². The second-order valence-corrected chi connectivity index (χ2v) is 6.11. The van der Waals surface area contributed by atoms with Gasteiger partial charge in [-0.15, -0.1) is 0 Å². The van der Waals surface area contributed by atoms with Crippen molar-refractivity contribution in [3.8, 4) is 0 Å². The van der Waals surface area contributed by atoms with E-state index in [1.165, 1.54) is 11.6 Å². The highest BCUT2D eigenvalue weighted by atomic mass is 16.6. The molecule has 2 aromatic rings. The van der Waals surface area contributed by atoms with E-state index >= 15 is 0 Å². The summed E-state index contributed by atoms with van der Waals surface area (Å²) in [5.41, 5.74) is 3.02. The smallest absolute Gasteiger partial charge is 0.293 e. The lowest BCUT2D eigenvalue weighted by molar-refractivity contribution is -0.384. The van der Waals surface area contributed by atoms with E-state index in [1.54, 1.807) is 12.1 Å². The molecule has 0 aromatic heterocycles. The lowest BCUT2D eigenvalue weighted by Gasteiger charge is -2.25. The molecule has 0 heterocycles. The SMILES string of the molecule is CCc1ccc([C@@H](CNc2ccc(C=O)cc2[N+](=O)[O-])N(C)C)cc1. The number of hydrogen-bond donors (Lipinski definition) is 1. The third-order valence-electron chi connectivity index (χ3n) is 4.24. The number of nitro groups is 1. The van der Waals surface area contributed by atoms with Crippen molar-refractivity contribution in [2.24, 2.45) is 0 Å². The van der Waals surface area contributed by atoms with Crippen molar-refractivity contribution in [3.05, 3.63) is 69.3 Å². The lowest BCUT2D eigenvalue weighted by atomic mass is 10.0. The molecule has 0 fully saturated rings. The van der Waals surface area contributed by atoms with Gasteiger partial charge in [-0.25, -0.2) is 0 Å². The Balaban J connectivity index is 2.21. The molecule has 2 rings (SSSR count). The monoisotopic (exact) mass is 341 g/mol. The number of likely N-dealkylation sites (N-methyl/N-ethyl adjacent to an activating group) is 1. The first-order valence-electron chi connectivity index (χ1n) is 8.19. The summed E-state index contributed by atoms with van der Waals surface area (Å²) in [6.07, 6.45) is 1.59. The normalized spacial score (nSPS) is 12.0. The van der Waals surface area contributed by atoms with Crippen LogP contribution < -0.4 is 5.32 Å². The van der Waals surface area contributed by atoms with E-state index in [-0.39, 0.29) is 17.3 Å². The number of nitrogens with zero attached hydrogens (tertiary/aromatic N) is 2. The fourth-order valence-electron chi connectivity index (χ4n) is 2.70.